The lowest BCUT2D eigenvalue weighted by molar-refractivity contribution is 0.0165. The van der Waals surface area contributed by atoms with Gasteiger partial charge in [0, 0.05) is 40.3 Å². The molecule has 0 saturated carbocycles. The number of hydrogen-bond acceptors (Lipinski definition) is 5. The summed E-state index contributed by atoms with van der Waals surface area (Å²) in [4.78, 5) is 6.85. The van der Waals surface area contributed by atoms with Crippen molar-refractivity contribution in [3.05, 3.63) is 29.8 Å². The van der Waals surface area contributed by atoms with Crippen LogP contribution in [0, 0.1) is 5.41 Å². The number of aliphatic imine (C=N–C) groups is 1. The lowest BCUT2D eigenvalue weighted by atomic mass is 9.89. The van der Waals surface area contributed by atoms with E-state index in [0.717, 1.165) is 44.6 Å². The second-order valence-corrected chi connectivity index (χ2v) is 8.36. The zero-order valence-corrected chi connectivity index (χ0v) is 21.6. The maximum atomic E-state index is 5.64. The highest BCUT2D eigenvalue weighted by atomic mass is 127. The summed E-state index contributed by atoms with van der Waals surface area (Å²) in [6.45, 7) is 11.3. The van der Waals surface area contributed by atoms with E-state index in [2.05, 4.69) is 53.4 Å². The Hall–Kier alpha value is -1.10. The average Bonchev–Trinajstić information content (AvgIpc) is 2.73. The standard InChI is InChI=1S/C22H38N4O3.HI/c1-22(2,3)20(28-6)16-25-21(23-4)24-15-19(26-11-13-29-14-12-26)17-7-9-18(27-5)10-8-17;/h7-10,19-20H,11-16H2,1-6H3,(H2,23,24,25);1H. The van der Waals surface area contributed by atoms with Crippen molar-refractivity contribution >= 4 is 29.9 Å². The summed E-state index contributed by atoms with van der Waals surface area (Å²) < 4.78 is 16.5. The zero-order valence-electron chi connectivity index (χ0n) is 19.2. The van der Waals surface area contributed by atoms with E-state index in [4.69, 9.17) is 14.2 Å². The van der Waals surface area contributed by atoms with Gasteiger partial charge in [-0.25, -0.2) is 0 Å². The quantitative estimate of drug-likeness (QED) is 0.304. The van der Waals surface area contributed by atoms with Crippen molar-refractivity contribution in [2.24, 2.45) is 10.4 Å². The number of nitrogens with one attached hydrogen (secondary N) is 2. The van der Waals surface area contributed by atoms with Crippen molar-refractivity contribution in [3.8, 4) is 5.75 Å². The van der Waals surface area contributed by atoms with E-state index in [1.807, 2.05) is 12.1 Å². The molecule has 2 rings (SSSR count). The van der Waals surface area contributed by atoms with Gasteiger partial charge in [0.15, 0.2) is 5.96 Å². The predicted octanol–water partition coefficient (Wildman–Crippen LogP) is 2.91. The highest BCUT2D eigenvalue weighted by Gasteiger charge is 2.25. The van der Waals surface area contributed by atoms with Gasteiger partial charge in [-0.2, -0.15) is 0 Å². The third-order valence-electron chi connectivity index (χ3n) is 5.38. The van der Waals surface area contributed by atoms with Gasteiger partial charge in [-0.05, 0) is 23.1 Å². The van der Waals surface area contributed by atoms with E-state index in [-0.39, 0.29) is 41.5 Å². The fourth-order valence-electron chi connectivity index (χ4n) is 3.52. The Labute approximate surface area is 199 Å². The Balaban J connectivity index is 0.00000450. The highest BCUT2D eigenvalue weighted by molar-refractivity contribution is 14.0. The second-order valence-electron chi connectivity index (χ2n) is 8.36. The molecule has 1 aromatic carbocycles. The molecule has 0 amide bonds. The largest absolute Gasteiger partial charge is 0.497 e. The number of rotatable bonds is 8. The van der Waals surface area contributed by atoms with E-state index in [1.54, 1.807) is 21.3 Å². The Bertz CT molecular complexity index is 628. The van der Waals surface area contributed by atoms with Gasteiger partial charge >= 0.3 is 0 Å². The number of nitrogens with zero attached hydrogens (tertiary/aromatic N) is 2. The van der Waals surface area contributed by atoms with Gasteiger partial charge in [0.1, 0.15) is 5.75 Å². The SMILES string of the molecule is CN=C(NCC(c1ccc(OC)cc1)N1CCOCC1)NCC(OC)C(C)(C)C.I. The topological polar surface area (TPSA) is 67.4 Å². The van der Waals surface area contributed by atoms with Crippen LogP contribution >= 0.6 is 24.0 Å². The van der Waals surface area contributed by atoms with Crippen LogP contribution in [0.15, 0.2) is 29.3 Å². The van der Waals surface area contributed by atoms with Crippen molar-refractivity contribution in [2.75, 3.05) is 60.7 Å². The van der Waals surface area contributed by atoms with E-state index in [0.29, 0.717) is 6.54 Å². The predicted molar refractivity (Wildman–Crippen MR) is 133 cm³/mol. The number of guanidine groups is 1. The molecule has 30 heavy (non-hydrogen) atoms. The maximum absolute atomic E-state index is 5.64. The van der Waals surface area contributed by atoms with Crippen LogP contribution in [0.1, 0.15) is 32.4 Å². The fraction of sp³-hybridized carbons (Fsp3) is 0.682. The zero-order chi connectivity index (χ0) is 21.3. The summed E-state index contributed by atoms with van der Waals surface area (Å²) in [5.41, 5.74) is 1.31. The second kappa shape index (κ2) is 13.3. The first-order chi connectivity index (χ1) is 13.9. The number of benzene rings is 1. The van der Waals surface area contributed by atoms with Crippen LogP contribution in [-0.4, -0.2) is 77.6 Å². The molecule has 0 bridgehead atoms. The van der Waals surface area contributed by atoms with Crippen molar-refractivity contribution in [2.45, 2.75) is 32.9 Å². The Morgan fingerprint density at radius 3 is 2.20 bits per heavy atom. The number of halogens is 1. The highest BCUT2D eigenvalue weighted by Crippen LogP contribution is 2.24. The minimum absolute atomic E-state index is 0. The maximum Gasteiger partial charge on any atom is 0.191 e. The summed E-state index contributed by atoms with van der Waals surface area (Å²) in [6, 6.07) is 8.53. The lowest BCUT2D eigenvalue weighted by Gasteiger charge is -2.35. The molecule has 0 aromatic heterocycles. The molecule has 2 unspecified atom stereocenters. The summed E-state index contributed by atoms with van der Waals surface area (Å²) in [5, 5.41) is 6.90. The van der Waals surface area contributed by atoms with E-state index in [1.165, 1.54) is 5.56 Å². The van der Waals surface area contributed by atoms with Crippen LogP contribution in [0.3, 0.4) is 0 Å². The molecule has 0 spiro atoms. The summed E-state index contributed by atoms with van der Waals surface area (Å²) in [5.74, 6) is 1.65. The molecule has 2 atom stereocenters. The minimum Gasteiger partial charge on any atom is -0.497 e. The summed E-state index contributed by atoms with van der Waals surface area (Å²) in [7, 11) is 5.24. The van der Waals surface area contributed by atoms with E-state index >= 15 is 0 Å². The van der Waals surface area contributed by atoms with Crippen LogP contribution in [-0.2, 0) is 9.47 Å². The molecule has 7 nitrogen and oxygen atoms in total. The van der Waals surface area contributed by atoms with Crippen molar-refractivity contribution < 1.29 is 14.2 Å². The number of ether oxygens (including phenoxy) is 3. The lowest BCUT2D eigenvalue weighted by Crippen LogP contribution is -2.48. The molecule has 2 N–H and O–H groups in total. The first kappa shape index (κ1) is 26.9. The molecule has 8 heteroatoms. The van der Waals surface area contributed by atoms with Gasteiger partial charge in [0.05, 0.1) is 32.5 Å². The van der Waals surface area contributed by atoms with Crippen molar-refractivity contribution in [1.29, 1.82) is 0 Å². The van der Waals surface area contributed by atoms with Gasteiger partial charge < -0.3 is 24.8 Å². The molecule has 1 saturated heterocycles. The molecular weight excluding hydrogens is 495 g/mol. The Kier molecular flexibility index (Phi) is 12.0. The third-order valence-corrected chi connectivity index (χ3v) is 5.38. The first-order valence-corrected chi connectivity index (χ1v) is 10.3. The van der Waals surface area contributed by atoms with Crippen molar-refractivity contribution in [1.82, 2.24) is 15.5 Å². The molecule has 1 aromatic rings. The fourth-order valence-corrected chi connectivity index (χ4v) is 3.52. The first-order valence-electron chi connectivity index (χ1n) is 10.3. The van der Waals surface area contributed by atoms with E-state index < -0.39 is 0 Å². The monoisotopic (exact) mass is 534 g/mol. The van der Waals surface area contributed by atoms with Gasteiger partial charge in [0.25, 0.3) is 0 Å². The molecule has 0 radical (unpaired) electrons. The third kappa shape index (κ3) is 8.20. The van der Waals surface area contributed by atoms with Crippen LogP contribution in [0.2, 0.25) is 0 Å². The Morgan fingerprint density at radius 2 is 1.70 bits per heavy atom. The molecule has 1 aliphatic heterocycles. The molecule has 1 fully saturated rings. The van der Waals surface area contributed by atoms with E-state index in [9.17, 15) is 0 Å². The van der Waals surface area contributed by atoms with Crippen LogP contribution < -0.4 is 15.4 Å². The van der Waals surface area contributed by atoms with Crippen molar-refractivity contribution in [3.63, 3.8) is 0 Å². The average molecular weight is 534 g/mol. The van der Waals surface area contributed by atoms with Gasteiger partial charge in [-0.3, -0.25) is 9.89 Å². The number of hydrogen-bond donors (Lipinski definition) is 2. The smallest absolute Gasteiger partial charge is 0.191 e. The Morgan fingerprint density at radius 1 is 1.10 bits per heavy atom. The number of morpholine rings is 1. The number of methoxy groups -OCH3 is 2. The molecule has 1 aliphatic rings. The van der Waals surface area contributed by atoms with Crippen LogP contribution in [0.4, 0.5) is 0 Å². The normalized spacial score (nSPS) is 17.6. The summed E-state index contributed by atoms with van der Waals surface area (Å²) >= 11 is 0. The molecular formula is C22H39IN4O3. The molecule has 0 aliphatic carbocycles. The van der Waals surface area contributed by atoms with Crippen LogP contribution in [0.25, 0.3) is 0 Å². The van der Waals surface area contributed by atoms with Crippen LogP contribution in [0.5, 0.6) is 5.75 Å². The molecule has 172 valence electrons. The molecule has 1 heterocycles. The van der Waals surface area contributed by atoms with Gasteiger partial charge in [-0.15, -0.1) is 24.0 Å². The van der Waals surface area contributed by atoms with Gasteiger partial charge in [-0.1, -0.05) is 32.9 Å². The van der Waals surface area contributed by atoms with Gasteiger partial charge in [0.2, 0.25) is 0 Å². The minimum atomic E-state index is 0. The summed E-state index contributed by atoms with van der Waals surface area (Å²) in [6.07, 6.45) is 0.0951.